The molecule has 4 rings (SSSR count). The van der Waals surface area contributed by atoms with Gasteiger partial charge in [-0.2, -0.15) is 0 Å². The topological polar surface area (TPSA) is 33.2 Å². The van der Waals surface area contributed by atoms with E-state index in [9.17, 15) is 4.79 Å². The van der Waals surface area contributed by atoms with Crippen LogP contribution in [0.1, 0.15) is 41.3 Å². The minimum absolute atomic E-state index is 0.0360. The molecule has 0 aliphatic rings. The Morgan fingerprint density at radius 3 is 2.23 bits per heavy atom. The second kappa shape index (κ2) is 9.40. The van der Waals surface area contributed by atoms with Gasteiger partial charge in [0.15, 0.2) is 0 Å². The molecule has 31 heavy (non-hydrogen) atoms. The lowest BCUT2D eigenvalue weighted by Gasteiger charge is -2.24. The number of hydrogen-bond acceptors (Lipinski definition) is 2. The van der Waals surface area contributed by atoms with Crippen molar-refractivity contribution in [3.63, 3.8) is 0 Å². The van der Waals surface area contributed by atoms with Gasteiger partial charge in [0.2, 0.25) is 0 Å². The van der Waals surface area contributed by atoms with E-state index in [1.54, 1.807) is 17.3 Å². The Bertz CT molecular complexity index is 1140. The Labute approximate surface area is 184 Å². The first kappa shape index (κ1) is 20.5. The number of rotatable bonds is 6. The van der Waals surface area contributed by atoms with Gasteiger partial charge in [-0.3, -0.25) is 9.78 Å². The summed E-state index contributed by atoms with van der Waals surface area (Å²) in [5.74, 6) is 0.391. The van der Waals surface area contributed by atoms with Crippen molar-refractivity contribution in [3.8, 4) is 11.1 Å². The van der Waals surface area contributed by atoms with E-state index in [2.05, 4.69) is 43.1 Å². The molecule has 0 saturated heterocycles. The average Bonchev–Trinajstić information content (AvgIpc) is 2.83. The van der Waals surface area contributed by atoms with Crippen molar-refractivity contribution in [2.75, 3.05) is 4.90 Å². The van der Waals surface area contributed by atoms with Gasteiger partial charge in [0, 0.05) is 11.8 Å². The number of carbonyl (C=O) groups is 1. The summed E-state index contributed by atoms with van der Waals surface area (Å²) in [7, 11) is 0. The fraction of sp³-hybridized carbons (Fsp3) is 0.143. The van der Waals surface area contributed by atoms with Gasteiger partial charge in [0.1, 0.15) is 0 Å². The molecular formula is C28H26N2O. The summed E-state index contributed by atoms with van der Waals surface area (Å²) in [6.45, 7) is 4.76. The predicted octanol–water partition coefficient (Wildman–Crippen LogP) is 6.72. The van der Waals surface area contributed by atoms with E-state index in [4.69, 9.17) is 0 Å². The van der Waals surface area contributed by atoms with E-state index in [0.29, 0.717) is 18.0 Å². The fourth-order valence-electron chi connectivity index (χ4n) is 3.69. The van der Waals surface area contributed by atoms with Gasteiger partial charge in [-0.15, -0.1) is 0 Å². The van der Waals surface area contributed by atoms with Crippen molar-refractivity contribution in [2.45, 2.75) is 26.3 Å². The van der Waals surface area contributed by atoms with Crippen LogP contribution in [0.3, 0.4) is 0 Å². The molecule has 0 spiro atoms. The summed E-state index contributed by atoms with van der Waals surface area (Å²) in [5, 5.41) is 0. The Hall–Kier alpha value is -3.72. The van der Waals surface area contributed by atoms with Crippen molar-refractivity contribution in [2.24, 2.45) is 0 Å². The highest BCUT2D eigenvalue weighted by molar-refractivity contribution is 6.06. The highest BCUT2D eigenvalue weighted by Gasteiger charge is 2.20. The molecule has 1 heterocycles. The van der Waals surface area contributed by atoms with Crippen LogP contribution in [-0.4, -0.2) is 10.9 Å². The summed E-state index contributed by atoms with van der Waals surface area (Å²) >= 11 is 0. The minimum atomic E-state index is -0.0360. The van der Waals surface area contributed by atoms with Gasteiger partial charge in [0.25, 0.3) is 5.91 Å². The molecule has 0 bridgehead atoms. The van der Waals surface area contributed by atoms with Gasteiger partial charge in [0.05, 0.1) is 18.4 Å². The van der Waals surface area contributed by atoms with Gasteiger partial charge >= 0.3 is 0 Å². The maximum absolute atomic E-state index is 13.6. The first-order valence-electron chi connectivity index (χ1n) is 10.6. The Morgan fingerprint density at radius 1 is 0.839 bits per heavy atom. The van der Waals surface area contributed by atoms with Crippen molar-refractivity contribution >= 4 is 11.6 Å². The van der Waals surface area contributed by atoms with E-state index < -0.39 is 0 Å². The molecule has 1 amide bonds. The number of pyridine rings is 1. The standard InChI is InChI=1S/C28H26N2O/c1-21(2)22-14-16-24(17-15-22)28(31)30(26-12-8-18-29-19-26)20-25-11-6-7-13-27(25)23-9-4-3-5-10-23/h3-19,21H,20H2,1-2H3. The summed E-state index contributed by atoms with van der Waals surface area (Å²) in [6.07, 6.45) is 3.47. The molecule has 0 radical (unpaired) electrons. The smallest absolute Gasteiger partial charge is 0.258 e. The van der Waals surface area contributed by atoms with Gasteiger partial charge in [-0.25, -0.2) is 0 Å². The molecule has 0 atom stereocenters. The highest BCUT2D eigenvalue weighted by atomic mass is 16.2. The lowest BCUT2D eigenvalue weighted by molar-refractivity contribution is 0.0985. The zero-order chi connectivity index (χ0) is 21.6. The van der Waals surface area contributed by atoms with E-state index in [-0.39, 0.29) is 5.91 Å². The number of aromatic nitrogens is 1. The first-order chi connectivity index (χ1) is 15.1. The lowest BCUT2D eigenvalue weighted by Crippen LogP contribution is -2.30. The van der Waals surface area contributed by atoms with Crippen LogP contribution in [0.15, 0.2) is 103 Å². The van der Waals surface area contributed by atoms with Crippen LogP contribution >= 0.6 is 0 Å². The van der Waals surface area contributed by atoms with Crippen LogP contribution in [0, 0.1) is 0 Å². The lowest BCUT2D eigenvalue weighted by atomic mass is 9.98. The summed E-state index contributed by atoms with van der Waals surface area (Å²) in [6, 6.07) is 30.2. The zero-order valence-corrected chi connectivity index (χ0v) is 17.9. The number of carbonyl (C=O) groups excluding carboxylic acids is 1. The monoisotopic (exact) mass is 406 g/mol. The molecule has 154 valence electrons. The summed E-state index contributed by atoms with van der Waals surface area (Å²) < 4.78 is 0. The molecule has 0 unspecified atom stereocenters. The van der Waals surface area contributed by atoms with Crippen LogP contribution in [-0.2, 0) is 6.54 Å². The first-order valence-corrected chi connectivity index (χ1v) is 10.6. The number of benzene rings is 3. The number of nitrogens with zero attached hydrogens (tertiary/aromatic N) is 2. The van der Waals surface area contributed by atoms with Gasteiger partial charge in [-0.1, -0.05) is 80.6 Å². The highest BCUT2D eigenvalue weighted by Crippen LogP contribution is 2.27. The third-order valence-corrected chi connectivity index (χ3v) is 5.46. The van der Waals surface area contributed by atoms with Crippen LogP contribution in [0.2, 0.25) is 0 Å². The second-order valence-corrected chi connectivity index (χ2v) is 7.90. The number of anilines is 1. The molecule has 0 aliphatic heterocycles. The van der Waals surface area contributed by atoms with Crippen LogP contribution in [0.25, 0.3) is 11.1 Å². The maximum atomic E-state index is 13.6. The fourth-order valence-corrected chi connectivity index (χ4v) is 3.69. The Balaban J connectivity index is 1.72. The van der Waals surface area contributed by atoms with Crippen molar-refractivity contribution in [1.29, 1.82) is 0 Å². The summed E-state index contributed by atoms with van der Waals surface area (Å²) in [4.78, 5) is 19.6. The molecule has 0 aliphatic carbocycles. The van der Waals surface area contributed by atoms with Crippen molar-refractivity contribution in [1.82, 2.24) is 4.98 Å². The number of hydrogen-bond donors (Lipinski definition) is 0. The van der Waals surface area contributed by atoms with Gasteiger partial charge < -0.3 is 4.90 Å². The van der Waals surface area contributed by atoms with Crippen molar-refractivity contribution in [3.05, 3.63) is 120 Å². The SMILES string of the molecule is CC(C)c1ccc(C(=O)N(Cc2ccccc2-c2ccccc2)c2cccnc2)cc1. The normalized spacial score (nSPS) is 10.8. The largest absolute Gasteiger partial charge is 0.302 e. The van der Waals surface area contributed by atoms with E-state index in [1.807, 2.05) is 66.7 Å². The molecule has 0 saturated carbocycles. The average molecular weight is 407 g/mol. The quantitative estimate of drug-likeness (QED) is 0.356. The number of amides is 1. The molecular weight excluding hydrogens is 380 g/mol. The van der Waals surface area contributed by atoms with E-state index >= 15 is 0 Å². The van der Waals surface area contributed by atoms with Crippen LogP contribution in [0.4, 0.5) is 5.69 Å². The predicted molar refractivity (Wildman–Crippen MR) is 127 cm³/mol. The molecule has 0 fully saturated rings. The summed E-state index contributed by atoms with van der Waals surface area (Å²) in [5.41, 5.74) is 6.02. The van der Waals surface area contributed by atoms with E-state index in [1.165, 1.54) is 5.56 Å². The van der Waals surface area contributed by atoms with Crippen LogP contribution < -0.4 is 4.90 Å². The maximum Gasteiger partial charge on any atom is 0.258 e. The third-order valence-electron chi connectivity index (χ3n) is 5.46. The molecule has 1 aromatic heterocycles. The molecule has 3 nitrogen and oxygen atoms in total. The molecule has 3 aromatic carbocycles. The third kappa shape index (κ3) is 4.72. The Kier molecular flexibility index (Phi) is 6.23. The molecule has 4 aromatic rings. The van der Waals surface area contributed by atoms with Crippen LogP contribution in [0.5, 0.6) is 0 Å². The van der Waals surface area contributed by atoms with Crippen molar-refractivity contribution < 1.29 is 4.79 Å². The molecule has 0 N–H and O–H groups in total. The second-order valence-electron chi connectivity index (χ2n) is 7.90. The zero-order valence-electron chi connectivity index (χ0n) is 17.9. The Morgan fingerprint density at radius 2 is 1.55 bits per heavy atom. The molecule has 3 heteroatoms. The van der Waals surface area contributed by atoms with Gasteiger partial charge in [-0.05, 0) is 52.4 Å². The van der Waals surface area contributed by atoms with E-state index in [0.717, 1.165) is 22.4 Å². The minimum Gasteiger partial charge on any atom is -0.302 e.